The number of carbonyl (C=O) groups excluding carboxylic acids is 1. The van der Waals surface area contributed by atoms with Gasteiger partial charge in [-0.3, -0.25) is 9.59 Å². The van der Waals surface area contributed by atoms with E-state index in [0.29, 0.717) is 5.56 Å². The van der Waals surface area contributed by atoms with E-state index in [1.54, 1.807) is 30.3 Å². The average molecular weight is 335 g/mol. The van der Waals surface area contributed by atoms with Crippen molar-refractivity contribution in [3.05, 3.63) is 65.7 Å². The van der Waals surface area contributed by atoms with Gasteiger partial charge in [0.1, 0.15) is 5.75 Å². The molecule has 0 radical (unpaired) electrons. The van der Waals surface area contributed by atoms with Gasteiger partial charge in [0, 0.05) is 12.6 Å². The Bertz CT molecular complexity index is 722. The topological polar surface area (TPSA) is 75.6 Å². The van der Waals surface area contributed by atoms with E-state index in [-0.39, 0.29) is 12.3 Å². The van der Waals surface area contributed by atoms with Crippen LogP contribution in [0.25, 0.3) is 0 Å². The lowest BCUT2D eigenvalue weighted by Crippen LogP contribution is -2.34. The van der Waals surface area contributed by atoms with Gasteiger partial charge in [0.2, 0.25) is 0 Å². The second-order valence-corrected chi connectivity index (χ2v) is 4.97. The number of nitrogens with one attached hydrogen (secondary N) is 1. The molecule has 1 amide bonds. The first-order valence-corrected chi connectivity index (χ1v) is 7.09. The number of carbonyl (C=O) groups is 2. The zero-order valence-corrected chi connectivity index (χ0v) is 12.5. The van der Waals surface area contributed by atoms with Gasteiger partial charge >= 0.3 is 5.97 Å². The molecule has 0 bridgehead atoms. The van der Waals surface area contributed by atoms with Crippen molar-refractivity contribution in [1.29, 1.82) is 0 Å². The van der Waals surface area contributed by atoms with Gasteiger partial charge in [-0.05, 0) is 17.7 Å². The molecule has 0 aliphatic rings. The van der Waals surface area contributed by atoms with Crippen LogP contribution in [0.15, 0.2) is 48.5 Å². The molecule has 7 heteroatoms. The van der Waals surface area contributed by atoms with E-state index in [4.69, 9.17) is 4.74 Å². The van der Waals surface area contributed by atoms with E-state index in [0.717, 1.165) is 12.1 Å². The third kappa shape index (κ3) is 4.77. The molecular formula is C17H15F2NO4. The number of carboxylic acid groups (broad SMARTS) is 1. The Balaban J connectivity index is 1.87. The zero-order chi connectivity index (χ0) is 17.5. The Labute approximate surface area is 136 Å². The van der Waals surface area contributed by atoms with Gasteiger partial charge < -0.3 is 15.2 Å². The lowest BCUT2D eigenvalue weighted by atomic mass is 9.99. The van der Waals surface area contributed by atoms with Gasteiger partial charge in [-0.2, -0.15) is 0 Å². The summed E-state index contributed by atoms with van der Waals surface area (Å²) in [6.45, 7) is -0.550. The molecule has 0 saturated carbocycles. The Kier molecular flexibility index (Phi) is 5.83. The van der Waals surface area contributed by atoms with Crippen molar-refractivity contribution < 1.29 is 28.2 Å². The highest BCUT2D eigenvalue weighted by molar-refractivity contribution is 5.80. The fourth-order valence-electron chi connectivity index (χ4n) is 2.02. The maximum atomic E-state index is 13.0. The van der Waals surface area contributed by atoms with Crippen molar-refractivity contribution in [2.45, 2.75) is 5.92 Å². The number of hydrogen-bond donors (Lipinski definition) is 2. The summed E-state index contributed by atoms with van der Waals surface area (Å²) in [5.41, 5.74) is 0.562. The van der Waals surface area contributed by atoms with Gasteiger partial charge in [-0.1, -0.05) is 30.3 Å². The van der Waals surface area contributed by atoms with Crippen LogP contribution in [-0.4, -0.2) is 30.1 Å². The SMILES string of the molecule is O=C(COc1ccc(F)c(F)c1)NCC(C(=O)O)c1ccccc1. The van der Waals surface area contributed by atoms with Crippen LogP contribution in [-0.2, 0) is 9.59 Å². The number of amides is 1. The summed E-state index contributed by atoms with van der Waals surface area (Å²) in [6, 6.07) is 11.4. The molecule has 2 rings (SSSR count). The van der Waals surface area contributed by atoms with Crippen LogP contribution in [0, 0.1) is 11.6 Å². The van der Waals surface area contributed by atoms with E-state index < -0.39 is 36.0 Å². The highest BCUT2D eigenvalue weighted by atomic mass is 19.2. The normalized spacial score (nSPS) is 11.6. The molecule has 0 saturated heterocycles. The molecular weight excluding hydrogens is 320 g/mol. The molecule has 24 heavy (non-hydrogen) atoms. The number of rotatable bonds is 7. The van der Waals surface area contributed by atoms with Crippen LogP contribution in [0.1, 0.15) is 11.5 Å². The number of halogens is 2. The monoisotopic (exact) mass is 335 g/mol. The molecule has 2 aromatic carbocycles. The fraction of sp³-hybridized carbons (Fsp3) is 0.176. The van der Waals surface area contributed by atoms with Crippen molar-refractivity contribution >= 4 is 11.9 Å². The van der Waals surface area contributed by atoms with E-state index in [9.17, 15) is 23.5 Å². The number of aliphatic carboxylic acids is 1. The van der Waals surface area contributed by atoms with E-state index in [1.165, 1.54) is 6.07 Å². The van der Waals surface area contributed by atoms with Crippen molar-refractivity contribution in [3.8, 4) is 5.75 Å². The predicted molar refractivity (Wildman–Crippen MR) is 81.7 cm³/mol. The van der Waals surface area contributed by atoms with E-state index in [2.05, 4.69) is 5.32 Å². The van der Waals surface area contributed by atoms with Crippen molar-refractivity contribution in [2.75, 3.05) is 13.2 Å². The van der Waals surface area contributed by atoms with Crippen molar-refractivity contribution in [3.63, 3.8) is 0 Å². The fourth-order valence-corrected chi connectivity index (χ4v) is 2.02. The molecule has 0 heterocycles. The number of benzene rings is 2. The Morgan fingerprint density at radius 1 is 1.08 bits per heavy atom. The minimum atomic E-state index is -1.08. The van der Waals surface area contributed by atoms with Gasteiger partial charge in [0.05, 0.1) is 5.92 Å². The Morgan fingerprint density at radius 2 is 1.79 bits per heavy atom. The van der Waals surface area contributed by atoms with Crippen molar-refractivity contribution in [1.82, 2.24) is 5.32 Å². The predicted octanol–water partition coefficient (Wildman–Crippen LogP) is 2.33. The molecule has 2 N–H and O–H groups in total. The number of carboxylic acids is 1. The maximum Gasteiger partial charge on any atom is 0.312 e. The molecule has 5 nitrogen and oxygen atoms in total. The number of ether oxygens (including phenoxy) is 1. The van der Waals surface area contributed by atoms with Gasteiger partial charge in [0.25, 0.3) is 5.91 Å². The van der Waals surface area contributed by atoms with Gasteiger partial charge in [0.15, 0.2) is 18.2 Å². The van der Waals surface area contributed by atoms with Crippen molar-refractivity contribution in [2.24, 2.45) is 0 Å². The van der Waals surface area contributed by atoms with Crippen LogP contribution in [0.4, 0.5) is 8.78 Å². The lowest BCUT2D eigenvalue weighted by Gasteiger charge is -2.14. The van der Waals surface area contributed by atoms with Crippen LogP contribution in [0.5, 0.6) is 5.75 Å². The zero-order valence-electron chi connectivity index (χ0n) is 12.5. The van der Waals surface area contributed by atoms with E-state index in [1.807, 2.05) is 0 Å². The largest absolute Gasteiger partial charge is 0.484 e. The lowest BCUT2D eigenvalue weighted by molar-refractivity contribution is -0.138. The van der Waals surface area contributed by atoms with E-state index >= 15 is 0 Å². The third-order valence-electron chi connectivity index (χ3n) is 3.26. The first kappa shape index (κ1) is 17.4. The molecule has 1 atom stereocenters. The molecule has 126 valence electrons. The average Bonchev–Trinajstić information content (AvgIpc) is 2.57. The second kappa shape index (κ2) is 8.05. The summed E-state index contributed by atoms with van der Waals surface area (Å²) in [4.78, 5) is 23.0. The summed E-state index contributed by atoms with van der Waals surface area (Å²) in [5, 5.41) is 11.7. The summed E-state index contributed by atoms with van der Waals surface area (Å²) >= 11 is 0. The molecule has 0 fully saturated rings. The van der Waals surface area contributed by atoms with Crippen LogP contribution in [0.2, 0.25) is 0 Å². The Hall–Kier alpha value is -2.96. The van der Waals surface area contributed by atoms with Crippen LogP contribution in [0.3, 0.4) is 0 Å². The smallest absolute Gasteiger partial charge is 0.312 e. The summed E-state index contributed by atoms with van der Waals surface area (Å²) in [6.07, 6.45) is 0. The van der Waals surface area contributed by atoms with Crippen LogP contribution < -0.4 is 10.1 Å². The van der Waals surface area contributed by atoms with Gasteiger partial charge in [-0.25, -0.2) is 8.78 Å². The highest BCUT2D eigenvalue weighted by Crippen LogP contribution is 2.16. The Morgan fingerprint density at radius 3 is 2.42 bits per heavy atom. The van der Waals surface area contributed by atoms with Gasteiger partial charge in [-0.15, -0.1) is 0 Å². The minimum Gasteiger partial charge on any atom is -0.484 e. The highest BCUT2D eigenvalue weighted by Gasteiger charge is 2.20. The quantitative estimate of drug-likeness (QED) is 0.814. The molecule has 2 aromatic rings. The molecule has 0 aliphatic carbocycles. The molecule has 1 unspecified atom stereocenters. The summed E-state index contributed by atoms with van der Waals surface area (Å²) < 4.78 is 30.8. The second-order valence-electron chi connectivity index (χ2n) is 4.97. The molecule has 0 aliphatic heterocycles. The first-order chi connectivity index (χ1) is 11.5. The minimum absolute atomic E-state index is 0.00175. The van der Waals surface area contributed by atoms with Crippen LogP contribution >= 0.6 is 0 Å². The number of hydrogen-bond acceptors (Lipinski definition) is 3. The maximum absolute atomic E-state index is 13.0. The standard InChI is InChI=1S/C17H15F2NO4/c18-14-7-6-12(8-15(14)19)24-10-16(21)20-9-13(17(22)23)11-4-2-1-3-5-11/h1-8,13H,9-10H2,(H,20,21)(H,22,23). The first-order valence-electron chi connectivity index (χ1n) is 7.09. The summed E-state index contributed by atoms with van der Waals surface area (Å²) in [7, 11) is 0. The summed E-state index contributed by atoms with van der Waals surface area (Å²) in [5.74, 6) is -4.62. The molecule has 0 spiro atoms. The molecule has 0 aromatic heterocycles. The third-order valence-corrected chi connectivity index (χ3v) is 3.26.